The van der Waals surface area contributed by atoms with Crippen molar-refractivity contribution in [1.29, 1.82) is 0 Å². The van der Waals surface area contributed by atoms with Crippen LogP contribution in [0.1, 0.15) is 28.5 Å². The van der Waals surface area contributed by atoms with E-state index in [-0.39, 0.29) is 6.04 Å². The van der Waals surface area contributed by atoms with Crippen LogP contribution in [-0.4, -0.2) is 6.61 Å². The summed E-state index contributed by atoms with van der Waals surface area (Å²) in [6.45, 7) is 2.84. The molecule has 3 nitrogen and oxygen atoms in total. The zero-order chi connectivity index (χ0) is 14.4. The fourth-order valence-electron chi connectivity index (χ4n) is 2.90. The van der Waals surface area contributed by atoms with E-state index in [1.54, 1.807) is 0 Å². The number of benzene rings is 2. The number of hydrogen-bond acceptors (Lipinski definition) is 3. The Balaban J connectivity index is 1.73. The Hall–Kier alpha value is -2.26. The van der Waals surface area contributed by atoms with Crippen molar-refractivity contribution < 1.29 is 9.15 Å². The second-order valence-corrected chi connectivity index (χ2v) is 5.63. The summed E-state index contributed by atoms with van der Waals surface area (Å²) < 4.78 is 11.4. The van der Waals surface area contributed by atoms with Crippen molar-refractivity contribution in [3.05, 3.63) is 64.9 Å². The quantitative estimate of drug-likeness (QED) is 0.777. The first-order chi connectivity index (χ1) is 10.2. The maximum absolute atomic E-state index is 6.38. The molecule has 0 saturated heterocycles. The van der Waals surface area contributed by atoms with Crippen molar-refractivity contribution in [2.75, 3.05) is 6.61 Å². The van der Waals surface area contributed by atoms with Crippen LogP contribution < -0.4 is 10.5 Å². The van der Waals surface area contributed by atoms with Crippen LogP contribution in [0.4, 0.5) is 0 Å². The molecule has 0 fully saturated rings. The molecule has 106 valence electrons. The predicted molar refractivity (Wildman–Crippen MR) is 82.6 cm³/mol. The van der Waals surface area contributed by atoms with Crippen LogP contribution >= 0.6 is 0 Å². The first-order valence-corrected chi connectivity index (χ1v) is 7.22. The molecule has 4 rings (SSSR count). The van der Waals surface area contributed by atoms with Crippen molar-refractivity contribution in [3.63, 3.8) is 0 Å². The largest absolute Gasteiger partial charge is 0.493 e. The van der Waals surface area contributed by atoms with Crippen molar-refractivity contribution in [2.45, 2.75) is 19.4 Å². The molecular weight excluding hydrogens is 262 g/mol. The molecule has 0 radical (unpaired) electrons. The summed E-state index contributed by atoms with van der Waals surface area (Å²) >= 11 is 0. The molecule has 1 aliphatic rings. The molecule has 3 aromatic rings. The highest BCUT2D eigenvalue weighted by molar-refractivity contribution is 5.79. The van der Waals surface area contributed by atoms with E-state index in [9.17, 15) is 0 Å². The fourth-order valence-corrected chi connectivity index (χ4v) is 2.90. The molecule has 0 aliphatic carbocycles. The van der Waals surface area contributed by atoms with Crippen LogP contribution in [0, 0.1) is 6.92 Å². The van der Waals surface area contributed by atoms with E-state index >= 15 is 0 Å². The van der Waals surface area contributed by atoms with Gasteiger partial charge in [-0.2, -0.15) is 0 Å². The summed E-state index contributed by atoms with van der Waals surface area (Å²) in [7, 11) is 0. The molecule has 2 N–H and O–H groups in total. The van der Waals surface area contributed by atoms with E-state index in [0.717, 1.165) is 41.1 Å². The molecule has 3 heteroatoms. The van der Waals surface area contributed by atoms with Gasteiger partial charge in [0, 0.05) is 11.8 Å². The molecule has 1 unspecified atom stereocenters. The Bertz CT molecular complexity index is 819. The number of nitrogens with two attached hydrogens (primary N) is 1. The van der Waals surface area contributed by atoms with E-state index in [1.165, 1.54) is 11.1 Å². The van der Waals surface area contributed by atoms with E-state index in [0.29, 0.717) is 0 Å². The fraction of sp³-hybridized carbons (Fsp3) is 0.222. The number of fused-ring (bicyclic) bond motifs is 2. The summed E-state index contributed by atoms with van der Waals surface area (Å²) in [5, 5.41) is 1.10. The minimum absolute atomic E-state index is 0.247. The van der Waals surface area contributed by atoms with Crippen molar-refractivity contribution in [2.24, 2.45) is 5.73 Å². The molecular formula is C18H17NO2. The molecule has 0 amide bonds. The lowest BCUT2D eigenvalue weighted by Crippen LogP contribution is -2.10. The summed E-state index contributed by atoms with van der Waals surface area (Å²) in [4.78, 5) is 0. The Morgan fingerprint density at radius 3 is 2.90 bits per heavy atom. The monoisotopic (exact) mass is 279 g/mol. The first-order valence-electron chi connectivity index (χ1n) is 7.22. The summed E-state index contributed by atoms with van der Waals surface area (Å²) in [6.07, 6.45) is 0.954. The van der Waals surface area contributed by atoms with Crippen LogP contribution in [0.25, 0.3) is 11.0 Å². The molecule has 1 atom stereocenters. The SMILES string of the molecule is Cc1ccc2oc(C(N)c3ccc4c(c3)CCO4)cc2c1. The molecule has 0 bridgehead atoms. The maximum Gasteiger partial charge on any atom is 0.134 e. The number of hydrogen-bond donors (Lipinski definition) is 1. The van der Waals surface area contributed by atoms with Gasteiger partial charge in [0.1, 0.15) is 17.1 Å². The lowest BCUT2D eigenvalue weighted by molar-refractivity contribution is 0.357. The van der Waals surface area contributed by atoms with E-state index in [2.05, 4.69) is 19.1 Å². The Labute approximate surface area is 123 Å². The van der Waals surface area contributed by atoms with Gasteiger partial charge in [-0.05, 0) is 48.4 Å². The molecule has 2 heterocycles. The van der Waals surface area contributed by atoms with E-state index in [4.69, 9.17) is 14.9 Å². The van der Waals surface area contributed by atoms with Crippen LogP contribution in [0.2, 0.25) is 0 Å². The predicted octanol–water partition coefficient (Wildman–Crippen LogP) is 3.72. The van der Waals surface area contributed by atoms with Gasteiger partial charge in [-0.1, -0.05) is 17.7 Å². The van der Waals surface area contributed by atoms with Gasteiger partial charge in [-0.3, -0.25) is 0 Å². The van der Waals surface area contributed by atoms with Gasteiger partial charge in [0.05, 0.1) is 12.6 Å². The van der Waals surface area contributed by atoms with Gasteiger partial charge in [-0.15, -0.1) is 0 Å². The molecule has 0 spiro atoms. The summed E-state index contributed by atoms with van der Waals surface area (Å²) in [5.74, 6) is 1.78. The highest BCUT2D eigenvalue weighted by Crippen LogP contribution is 2.31. The number of rotatable bonds is 2. The van der Waals surface area contributed by atoms with Gasteiger partial charge >= 0.3 is 0 Å². The van der Waals surface area contributed by atoms with E-state index in [1.807, 2.05) is 30.3 Å². The topological polar surface area (TPSA) is 48.4 Å². The standard InChI is InChI=1S/C18H17NO2/c1-11-2-4-16-14(8-11)10-17(21-16)18(19)13-3-5-15-12(9-13)6-7-20-15/h2-5,8-10,18H,6-7,19H2,1H3. The normalized spacial score (nSPS) is 15.0. The smallest absolute Gasteiger partial charge is 0.134 e. The van der Waals surface area contributed by atoms with Crippen molar-refractivity contribution in [3.8, 4) is 5.75 Å². The van der Waals surface area contributed by atoms with Gasteiger partial charge in [-0.25, -0.2) is 0 Å². The van der Waals surface area contributed by atoms with Gasteiger partial charge in [0.25, 0.3) is 0 Å². The molecule has 2 aromatic carbocycles. The van der Waals surface area contributed by atoms with Crippen LogP contribution in [0.5, 0.6) is 5.75 Å². The number of aryl methyl sites for hydroxylation is 1. The van der Waals surface area contributed by atoms with E-state index < -0.39 is 0 Å². The summed E-state index contributed by atoms with van der Waals surface area (Å²) in [5.41, 5.74) is 10.8. The number of furan rings is 1. The van der Waals surface area contributed by atoms with Crippen molar-refractivity contribution >= 4 is 11.0 Å². The van der Waals surface area contributed by atoms with Gasteiger partial charge < -0.3 is 14.9 Å². The minimum Gasteiger partial charge on any atom is -0.493 e. The van der Waals surface area contributed by atoms with Crippen LogP contribution in [0.15, 0.2) is 46.9 Å². The number of ether oxygens (including phenoxy) is 1. The first kappa shape index (κ1) is 12.5. The van der Waals surface area contributed by atoms with Gasteiger partial charge in [0.15, 0.2) is 0 Å². The maximum atomic E-state index is 6.38. The third kappa shape index (κ3) is 2.10. The lowest BCUT2D eigenvalue weighted by Gasteiger charge is -2.10. The van der Waals surface area contributed by atoms with Gasteiger partial charge in [0.2, 0.25) is 0 Å². The molecule has 0 saturated carbocycles. The zero-order valence-electron chi connectivity index (χ0n) is 11.9. The van der Waals surface area contributed by atoms with Crippen LogP contribution in [-0.2, 0) is 6.42 Å². The lowest BCUT2D eigenvalue weighted by atomic mass is 10.0. The third-order valence-corrected chi connectivity index (χ3v) is 4.07. The molecule has 1 aromatic heterocycles. The highest BCUT2D eigenvalue weighted by atomic mass is 16.5. The second kappa shape index (κ2) is 4.64. The van der Waals surface area contributed by atoms with Crippen LogP contribution in [0.3, 0.4) is 0 Å². The molecule has 1 aliphatic heterocycles. The zero-order valence-corrected chi connectivity index (χ0v) is 11.9. The molecule has 21 heavy (non-hydrogen) atoms. The van der Waals surface area contributed by atoms with Crippen molar-refractivity contribution in [1.82, 2.24) is 0 Å². The second-order valence-electron chi connectivity index (χ2n) is 5.63. The minimum atomic E-state index is -0.247. The summed E-state index contributed by atoms with van der Waals surface area (Å²) in [6, 6.07) is 14.1. The Morgan fingerprint density at radius 1 is 1.10 bits per heavy atom. The Morgan fingerprint density at radius 2 is 2.00 bits per heavy atom. The highest BCUT2D eigenvalue weighted by Gasteiger charge is 2.18. The average molecular weight is 279 g/mol. The third-order valence-electron chi connectivity index (χ3n) is 4.07. The average Bonchev–Trinajstić information content (AvgIpc) is 3.11. The Kier molecular flexibility index (Phi) is 2.76.